The summed E-state index contributed by atoms with van der Waals surface area (Å²) in [5, 5.41) is 5.18. The van der Waals surface area contributed by atoms with Crippen molar-refractivity contribution >= 4 is 61.3 Å². The van der Waals surface area contributed by atoms with Crippen molar-refractivity contribution in [1.82, 2.24) is 14.9 Å². The fourth-order valence-corrected chi connectivity index (χ4v) is 5.19. The lowest BCUT2D eigenvalue weighted by Gasteiger charge is -2.14. The molecule has 1 aromatic carbocycles. The van der Waals surface area contributed by atoms with E-state index in [2.05, 4.69) is 15.3 Å². The number of H-pyrrole nitrogens is 1. The molecule has 4 heterocycles. The van der Waals surface area contributed by atoms with Crippen molar-refractivity contribution in [1.29, 1.82) is 0 Å². The first kappa shape index (κ1) is 19.4. The molecule has 1 saturated heterocycles. The van der Waals surface area contributed by atoms with E-state index in [0.717, 1.165) is 56.2 Å². The van der Waals surface area contributed by atoms with Crippen molar-refractivity contribution in [2.24, 2.45) is 0 Å². The van der Waals surface area contributed by atoms with Crippen molar-refractivity contribution in [3.05, 3.63) is 52.1 Å². The van der Waals surface area contributed by atoms with E-state index in [1.165, 1.54) is 11.3 Å². The molecular formula is C22H21ClN4O2S. The number of carbonyl (C=O) groups excluding carboxylic acids is 1. The van der Waals surface area contributed by atoms with Gasteiger partial charge in [0.25, 0.3) is 5.91 Å². The quantitative estimate of drug-likeness (QED) is 0.449. The summed E-state index contributed by atoms with van der Waals surface area (Å²) in [4.78, 5) is 23.2. The maximum atomic E-state index is 12.9. The van der Waals surface area contributed by atoms with Gasteiger partial charge in [0, 0.05) is 48.7 Å². The topological polar surface area (TPSA) is 70.2 Å². The zero-order chi connectivity index (χ0) is 20.8. The van der Waals surface area contributed by atoms with Gasteiger partial charge in [0.05, 0.1) is 31.9 Å². The fourth-order valence-electron chi connectivity index (χ4n) is 3.93. The van der Waals surface area contributed by atoms with Gasteiger partial charge in [-0.05, 0) is 43.7 Å². The molecule has 4 aromatic rings. The number of benzene rings is 1. The van der Waals surface area contributed by atoms with Gasteiger partial charge in [-0.3, -0.25) is 9.78 Å². The van der Waals surface area contributed by atoms with Crippen LogP contribution in [0.4, 0.5) is 11.4 Å². The van der Waals surface area contributed by atoms with Crippen molar-refractivity contribution in [2.75, 3.05) is 25.5 Å². The number of aromatic nitrogens is 2. The first-order valence-electron chi connectivity index (χ1n) is 9.79. The van der Waals surface area contributed by atoms with Gasteiger partial charge < -0.3 is 19.9 Å². The number of nitrogens with zero attached hydrogens (tertiary/aromatic N) is 2. The average molecular weight is 441 g/mol. The van der Waals surface area contributed by atoms with Gasteiger partial charge in [0.2, 0.25) is 0 Å². The molecule has 5 rings (SSSR count). The number of thiophene rings is 1. The molecule has 2 N–H and O–H groups in total. The van der Waals surface area contributed by atoms with Gasteiger partial charge in [-0.15, -0.1) is 11.3 Å². The number of amides is 1. The van der Waals surface area contributed by atoms with Crippen LogP contribution in [0.1, 0.15) is 21.8 Å². The van der Waals surface area contributed by atoms with Crippen LogP contribution in [0.2, 0.25) is 5.02 Å². The molecule has 0 aliphatic carbocycles. The lowest BCUT2D eigenvalue weighted by atomic mass is 10.2. The monoisotopic (exact) mass is 440 g/mol. The first-order valence-corrected chi connectivity index (χ1v) is 11.0. The summed E-state index contributed by atoms with van der Waals surface area (Å²) in [5.41, 5.74) is 4.62. The minimum atomic E-state index is 0.0412. The maximum Gasteiger partial charge on any atom is 0.264 e. The highest BCUT2D eigenvalue weighted by molar-refractivity contribution is 7.21. The van der Waals surface area contributed by atoms with E-state index in [9.17, 15) is 4.79 Å². The zero-order valence-electron chi connectivity index (χ0n) is 16.7. The fraction of sp³-hybridized carbons (Fsp3) is 0.273. The first-order chi connectivity index (χ1) is 14.5. The second kappa shape index (κ2) is 7.58. The standard InChI is InChI=1S/C22H21ClN4O2S/c1-12-20(23)15-9-13(3-4-16(15)25-12)26-17-5-7-24-18-10-19(30-21(17)18)22(28)27-8-6-14(11-27)29-2/h3-5,7,9-10,14,25H,6,8,11H2,1-2H3,(H,24,26)/t14-/m0/s1. The Hall–Kier alpha value is -2.61. The Morgan fingerprint density at radius 3 is 3.03 bits per heavy atom. The summed E-state index contributed by atoms with van der Waals surface area (Å²) in [7, 11) is 1.69. The third-order valence-corrected chi connectivity index (χ3v) is 7.21. The van der Waals surface area contributed by atoms with Gasteiger partial charge in [0.15, 0.2) is 0 Å². The van der Waals surface area contributed by atoms with Crippen LogP contribution in [-0.2, 0) is 4.74 Å². The Kier molecular flexibility index (Phi) is 4.89. The second-order valence-electron chi connectivity index (χ2n) is 7.53. The van der Waals surface area contributed by atoms with Crippen LogP contribution in [-0.4, -0.2) is 47.1 Å². The van der Waals surface area contributed by atoms with Crippen molar-refractivity contribution in [3.8, 4) is 0 Å². The predicted octanol–water partition coefficient (Wildman–Crippen LogP) is 5.34. The number of halogens is 1. The molecule has 0 spiro atoms. The third kappa shape index (κ3) is 3.33. The number of anilines is 2. The largest absolute Gasteiger partial charge is 0.380 e. The summed E-state index contributed by atoms with van der Waals surface area (Å²) in [6.45, 7) is 3.32. The molecule has 154 valence electrons. The molecule has 1 atom stereocenters. The van der Waals surface area contributed by atoms with Crippen LogP contribution < -0.4 is 5.32 Å². The van der Waals surface area contributed by atoms with Crippen LogP contribution in [0.3, 0.4) is 0 Å². The number of methoxy groups -OCH3 is 1. The summed E-state index contributed by atoms with van der Waals surface area (Å²) in [6, 6.07) is 9.86. The zero-order valence-corrected chi connectivity index (χ0v) is 18.2. The molecule has 0 unspecified atom stereocenters. The van der Waals surface area contributed by atoms with Gasteiger partial charge in [0.1, 0.15) is 0 Å². The van der Waals surface area contributed by atoms with Gasteiger partial charge in [-0.1, -0.05) is 11.6 Å². The molecule has 3 aromatic heterocycles. The molecule has 8 heteroatoms. The van der Waals surface area contributed by atoms with E-state index in [0.29, 0.717) is 11.4 Å². The highest BCUT2D eigenvalue weighted by atomic mass is 35.5. The van der Waals surface area contributed by atoms with E-state index in [1.807, 2.05) is 42.2 Å². The number of rotatable bonds is 4. The van der Waals surface area contributed by atoms with E-state index < -0.39 is 0 Å². The number of hydrogen-bond acceptors (Lipinski definition) is 5. The Morgan fingerprint density at radius 2 is 2.23 bits per heavy atom. The van der Waals surface area contributed by atoms with Crippen LogP contribution in [0.15, 0.2) is 36.5 Å². The molecular weight excluding hydrogens is 420 g/mol. The lowest BCUT2D eigenvalue weighted by Crippen LogP contribution is -2.29. The minimum Gasteiger partial charge on any atom is -0.380 e. The molecule has 1 aliphatic heterocycles. The van der Waals surface area contributed by atoms with Crippen LogP contribution >= 0.6 is 22.9 Å². The molecule has 30 heavy (non-hydrogen) atoms. The Balaban J connectivity index is 1.45. The second-order valence-corrected chi connectivity index (χ2v) is 8.96. The number of fused-ring (bicyclic) bond motifs is 2. The SMILES string of the molecule is CO[C@H]1CCN(C(=O)c2cc3nccc(Nc4ccc5[nH]c(C)c(Cl)c5c4)c3s2)C1. The van der Waals surface area contributed by atoms with Crippen LogP contribution in [0.5, 0.6) is 0 Å². The van der Waals surface area contributed by atoms with E-state index in [-0.39, 0.29) is 12.0 Å². The number of ether oxygens (including phenoxy) is 1. The van der Waals surface area contributed by atoms with Gasteiger partial charge >= 0.3 is 0 Å². The van der Waals surface area contributed by atoms with Crippen LogP contribution in [0.25, 0.3) is 21.1 Å². The number of aromatic amines is 1. The summed E-state index contributed by atoms with van der Waals surface area (Å²) in [6.07, 6.45) is 2.76. The average Bonchev–Trinajstić information content (AvgIpc) is 3.46. The Labute approximate surface area is 182 Å². The van der Waals surface area contributed by atoms with Crippen LogP contribution in [0, 0.1) is 6.92 Å². The number of likely N-dealkylation sites (tertiary alicyclic amines) is 1. The third-order valence-electron chi connectivity index (χ3n) is 5.57. The molecule has 1 fully saturated rings. The van der Waals surface area contributed by atoms with Crippen molar-refractivity contribution < 1.29 is 9.53 Å². The molecule has 1 aliphatic rings. The molecule has 0 bridgehead atoms. The number of pyridine rings is 1. The van der Waals surface area contributed by atoms with E-state index in [4.69, 9.17) is 16.3 Å². The Bertz CT molecular complexity index is 1260. The highest BCUT2D eigenvalue weighted by Crippen LogP contribution is 2.35. The summed E-state index contributed by atoms with van der Waals surface area (Å²) in [5.74, 6) is 0.0412. The minimum absolute atomic E-state index is 0.0412. The number of aryl methyl sites for hydroxylation is 1. The molecule has 0 saturated carbocycles. The normalized spacial score (nSPS) is 16.6. The smallest absolute Gasteiger partial charge is 0.264 e. The van der Waals surface area contributed by atoms with Crippen molar-refractivity contribution in [3.63, 3.8) is 0 Å². The van der Waals surface area contributed by atoms with Gasteiger partial charge in [-0.25, -0.2) is 0 Å². The lowest BCUT2D eigenvalue weighted by molar-refractivity contribution is 0.0728. The summed E-state index contributed by atoms with van der Waals surface area (Å²) >= 11 is 7.88. The Morgan fingerprint density at radius 1 is 1.37 bits per heavy atom. The van der Waals surface area contributed by atoms with Crippen molar-refractivity contribution in [2.45, 2.75) is 19.4 Å². The molecule has 0 radical (unpaired) electrons. The highest BCUT2D eigenvalue weighted by Gasteiger charge is 2.28. The predicted molar refractivity (Wildman–Crippen MR) is 122 cm³/mol. The molecule has 1 amide bonds. The van der Waals surface area contributed by atoms with E-state index in [1.54, 1.807) is 13.3 Å². The van der Waals surface area contributed by atoms with Gasteiger partial charge in [-0.2, -0.15) is 0 Å². The maximum absolute atomic E-state index is 12.9. The number of hydrogen-bond donors (Lipinski definition) is 2. The van der Waals surface area contributed by atoms with E-state index >= 15 is 0 Å². The number of carbonyl (C=O) groups is 1. The molecule has 6 nitrogen and oxygen atoms in total. The number of nitrogens with one attached hydrogen (secondary N) is 2. The summed E-state index contributed by atoms with van der Waals surface area (Å²) < 4.78 is 6.35.